The van der Waals surface area contributed by atoms with Gasteiger partial charge in [0.05, 0.1) is 16.3 Å². The Morgan fingerprint density at radius 2 is 1.44 bits per heavy atom. The molecule has 2 fully saturated rings. The van der Waals surface area contributed by atoms with Crippen LogP contribution < -0.4 is 4.90 Å². The minimum absolute atomic E-state index is 0.194. The summed E-state index contributed by atoms with van der Waals surface area (Å²) < 4.78 is 62.6. The molecule has 4 aromatic rings. The Morgan fingerprint density at radius 3 is 1.98 bits per heavy atom. The van der Waals surface area contributed by atoms with Crippen molar-refractivity contribution in [3.63, 3.8) is 0 Å². The quantitative estimate of drug-likeness (QED) is 0.168. The number of hydrogen-bond acceptors (Lipinski definition) is 10. The van der Waals surface area contributed by atoms with E-state index in [-0.39, 0.29) is 11.0 Å². The van der Waals surface area contributed by atoms with Gasteiger partial charge in [0.15, 0.2) is 0 Å². The summed E-state index contributed by atoms with van der Waals surface area (Å²) in [7, 11) is -1.93. The standard InChI is InChI=1S/C25H28BrN5O5S.C8H8BrClO2S/c1-3-18-14-20(26)6-9-23(18)37(33,34)30-12-10-29(11-13-30)15-22-16-31(25(32)35-22)21-7-4-19(5-8-21)24-27-17(2)36-28-24;1-2-6-5-7(9)3-4-8(6)13(10,11)12/h4-9,14,22H,3,10-13,15-16H2,1-2H3;3-5H,2H2,1H3. The second-order valence-electron chi connectivity index (χ2n) is 11.7. The number of halogens is 3. The number of aromatic nitrogens is 2. The summed E-state index contributed by atoms with van der Waals surface area (Å²) in [4.78, 5) is 21.1. The first-order valence-electron chi connectivity index (χ1n) is 15.8. The highest BCUT2D eigenvalue weighted by Gasteiger charge is 2.36. The lowest BCUT2D eigenvalue weighted by Gasteiger charge is -2.35. The number of cyclic esters (lactones) is 1. The van der Waals surface area contributed by atoms with Gasteiger partial charge < -0.3 is 9.26 Å². The van der Waals surface area contributed by atoms with Crippen LogP contribution in [0.3, 0.4) is 0 Å². The van der Waals surface area contributed by atoms with E-state index >= 15 is 0 Å². The van der Waals surface area contributed by atoms with Crippen molar-refractivity contribution in [2.24, 2.45) is 0 Å². The fraction of sp³-hybridized carbons (Fsp3) is 0.364. The van der Waals surface area contributed by atoms with Crippen LogP contribution in [0.15, 0.2) is 83.9 Å². The maximum atomic E-state index is 13.3. The third-order valence-corrected chi connectivity index (χ3v) is 12.7. The molecule has 1 aromatic heterocycles. The van der Waals surface area contributed by atoms with Crippen LogP contribution in [0.4, 0.5) is 10.5 Å². The van der Waals surface area contributed by atoms with Crippen molar-refractivity contribution in [3.8, 4) is 11.4 Å². The van der Waals surface area contributed by atoms with Crippen LogP contribution in [0, 0.1) is 6.92 Å². The lowest BCUT2D eigenvalue weighted by Crippen LogP contribution is -2.50. The molecule has 2 saturated heterocycles. The number of benzene rings is 3. The molecule has 2 aliphatic rings. The summed E-state index contributed by atoms with van der Waals surface area (Å²) in [5.74, 6) is 0.987. The molecule has 12 nitrogen and oxygen atoms in total. The van der Waals surface area contributed by atoms with Gasteiger partial charge in [-0.05, 0) is 84.6 Å². The van der Waals surface area contributed by atoms with Crippen molar-refractivity contribution in [1.82, 2.24) is 19.3 Å². The van der Waals surface area contributed by atoms with Crippen LogP contribution in [0.2, 0.25) is 0 Å². The molecule has 0 N–H and O–H groups in total. The number of rotatable bonds is 9. The molecule has 1 atom stereocenters. The molecule has 1 amide bonds. The average Bonchev–Trinajstić information content (AvgIpc) is 3.69. The van der Waals surface area contributed by atoms with Crippen LogP contribution in [0.25, 0.3) is 11.4 Å². The van der Waals surface area contributed by atoms with Crippen molar-refractivity contribution < 1.29 is 30.9 Å². The number of carbonyl (C=O) groups excluding carboxylic acids is 1. The summed E-state index contributed by atoms with van der Waals surface area (Å²) in [6.45, 7) is 8.47. The highest BCUT2D eigenvalue weighted by atomic mass is 79.9. The molecule has 2 aliphatic heterocycles. The van der Waals surface area contributed by atoms with Gasteiger partial charge >= 0.3 is 6.09 Å². The minimum atomic E-state index is -3.61. The molecule has 3 heterocycles. The van der Waals surface area contributed by atoms with Crippen LogP contribution in [0.5, 0.6) is 0 Å². The van der Waals surface area contributed by atoms with Gasteiger partial charge in [0.25, 0.3) is 9.05 Å². The molecular weight excluding hydrogens is 838 g/mol. The fourth-order valence-electron chi connectivity index (χ4n) is 5.75. The van der Waals surface area contributed by atoms with Gasteiger partial charge in [0.1, 0.15) is 6.10 Å². The second-order valence-corrected chi connectivity index (χ2v) is 17.9. The number of nitrogens with zero attached hydrogens (tertiary/aromatic N) is 5. The highest BCUT2D eigenvalue weighted by Crippen LogP contribution is 2.28. The van der Waals surface area contributed by atoms with Gasteiger partial charge in [0.2, 0.25) is 21.7 Å². The van der Waals surface area contributed by atoms with Crippen LogP contribution in [-0.2, 0) is 36.7 Å². The molecule has 0 aliphatic carbocycles. The Bertz CT molecular complexity index is 2060. The van der Waals surface area contributed by atoms with Crippen molar-refractivity contribution in [2.75, 3.05) is 44.2 Å². The summed E-state index contributed by atoms with van der Waals surface area (Å²) in [6, 6.07) is 17.6. The Balaban J connectivity index is 0.000000315. The predicted octanol–water partition coefficient (Wildman–Crippen LogP) is 6.64. The number of piperazine rings is 1. The zero-order valence-electron chi connectivity index (χ0n) is 27.6. The van der Waals surface area contributed by atoms with Gasteiger partial charge in [0, 0.05) is 70.5 Å². The van der Waals surface area contributed by atoms with Gasteiger partial charge in [-0.2, -0.15) is 9.29 Å². The fourth-order valence-corrected chi connectivity index (χ4v) is 9.46. The van der Waals surface area contributed by atoms with E-state index in [2.05, 4.69) is 46.9 Å². The largest absolute Gasteiger partial charge is 0.443 e. The molecular formula is C33H36Br2ClN5O7S2. The number of ether oxygens (including phenoxy) is 1. The van der Waals surface area contributed by atoms with E-state index in [1.54, 1.807) is 40.4 Å². The minimum Gasteiger partial charge on any atom is -0.443 e. The zero-order chi connectivity index (χ0) is 36.2. The molecule has 3 aromatic carbocycles. The lowest BCUT2D eigenvalue weighted by atomic mass is 10.2. The monoisotopic (exact) mass is 871 g/mol. The van der Waals surface area contributed by atoms with Crippen molar-refractivity contribution in [1.29, 1.82) is 0 Å². The molecule has 17 heteroatoms. The Kier molecular flexibility index (Phi) is 12.4. The zero-order valence-corrected chi connectivity index (χ0v) is 33.1. The van der Waals surface area contributed by atoms with E-state index in [9.17, 15) is 21.6 Å². The molecule has 0 bridgehead atoms. The van der Waals surface area contributed by atoms with E-state index in [4.69, 9.17) is 19.9 Å². The first-order valence-corrected chi connectivity index (χ1v) is 21.2. The van der Waals surface area contributed by atoms with E-state index in [1.807, 2.05) is 44.2 Å². The highest BCUT2D eigenvalue weighted by molar-refractivity contribution is 9.10. The van der Waals surface area contributed by atoms with Gasteiger partial charge in [-0.1, -0.05) is 50.9 Å². The molecule has 268 valence electrons. The SMILES string of the molecule is CCc1cc(Br)ccc1S(=O)(=O)Cl.CCc1cc(Br)ccc1S(=O)(=O)N1CCN(CC2CN(c3ccc(-c4noc(C)n4)cc3)C(=O)O2)CC1. The summed E-state index contributed by atoms with van der Waals surface area (Å²) in [5.41, 5.74) is 3.06. The lowest BCUT2D eigenvalue weighted by molar-refractivity contribution is 0.0937. The predicted molar refractivity (Wildman–Crippen MR) is 197 cm³/mol. The van der Waals surface area contributed by atoms with Crippen LogP contribution in [0.1, 0.15) is 30.9 Å². The number of sulfonamides is 1. The summed E-state index contributed by atoms with van der Waals surface area (Å²) in [6.07, 6.45) is 0.586. The van der Waals surface area contributed by atoms with E-state index < -0.39 is 25.2 Å². The number of hydrogen-bond donors (Lipinski definition) is 0. The first-order chi connectivity index (χ1) is 23.7. The second kappa shape index (κ2) is 16.2. The smallest absolute Gasteiger partial charge is 0.414 e. The number of carbonyl (C=O) groups is 1. The van der Waals surface area contributed by atoms with Crippen LogP contribution >= 0.6 is 42.5 Å². The van der Waals surface area contributed by atoms with Crippen molar-refractivity contribution in [2.45, 2.75) is 49.5 Å². The summed E-state index contributed by atoms with van der Waals surface area (Å²) in [5, 5.41) is 3.91. The van der Waals surface area contributed by atoms with Gasteiger partial charge in [-0.3, -0.25) is 9.80 Å². The van der Waals surface area contributed by atoms with Gasteiger partial charge in [-0.15, -0.1) is 0 Å². The third-order valence-electron chi connectivity index (χ3n) is 8.32. The van der Waals surface area contributed by atoms with E-state index in [0.717, 1.165) is 31.3 Å². The van der Waals surface area contributed by atoms with Crippen molar-refractivity contribution in [3.05, 3.63) is 86.6 Å². The van der Waals surface area contributed by atoms with E-state index in [0.29, 0.717) is 68.7 Å². The normalized spacial score (nSPS) is 17.4. The molecule has 0 saturated carbocycles. The van der Waals surface area contributed by atoms with Crippen molar-refractivity contribution >= 4 is 73.4 Å². The molecule has 0 spiro atoms. The molecule has 1 unspecified atom stereocenters. The van der Waals surface area contributed by atoms with Gasteiger partial charge in [-0.25, -0.2) is 21.6 Å². The Labute approximate surface area is 313 Å². The Hall–Kier alpha value is -2.86. The van der Waals surface area contributed by atoms with Crippen LogP contribution in [-0.4, -0.2) is 87.6 Å². The maximum absolute atomic E-state index is 13.3. The first kappa shape index (κ1) is 38.4. The molecule has 50 heavy (non-hydrogen) atoms. The molecule has 0 radical (unpaired) electrons. The topological polar surface area (TPSA) is 143 Å². The maximum Gasteiger partial charge on any atom is 0.414 e. The third kappa shape index (κ3) is 9.13. The number of aryl methyl sites for hydroxylation is 3. The number of amides is 1. The number of anilines is 1. The molecule has 6 rings (SSSR count). The van der Waals surface area contributed by atoms with E-state index in [1.165, 1.54) is 6.07 Å². The Morgan fingerprint density at radius 1 is 0.860 bits per heavy atom. The summed E-state index contributed by atoms with van der Waals surface area (Å²) >= 11 is 6.69. The average molecular weight is 874 g/mol.